The van der Waals surface area contributed by atoms with Gasteiger partial charge in [0, 0.05) is 38.7 Å². The zero-order valence-corrected chi connectivity index (χ0v) is 14.6. The van der Waals surface area contributed by atoms with E-state index in [4.69, 9.17) is 4.74 Å². The van der Waals surface area contributed by atoms with Crippen LogP contribution in [0.5, 0.6) is 0 Å². The molecular formula is C19H25N3O2. The van der Waals surface area contributed by atoms with Gasteiger partial charge in [0.2, 0.25) is 0 Å². The van der Waals surface area contributed by atoms with Gasteiger partial charge in [0.1, 0.15) is 0 Å². The lowest BCUT2D eigenvalue weighted by atomic mass is 10.2. The van der Waals surface area contributed by atoms with Crippen molar-refractivity contribution in [1.82, 2.24) is 10.3 Å². The van der Waals surface area contributed by atoms with Crippen LogP contribution >= 0.6 is 0 Å². The molecule has 2 aromatic rings. The van der Waals surface area contributed by atoms with E-state index in [1.807, 2.05) is 12.1 Å². The van der Waals surface area contributed by atoms with Gasteiger partial charge in [-0.05, 0) is 44.0 Å². The van der Waals surface area contributed by atoms with Crippen LogP contribution in [0.15, 0.2) is 42.7 Å². The summed E-state index contributed by atoms with van der Waals surface area (Å²) in [5.74, 6) is -0.110. The summed E-state index contributed by atoms with van der Waals surface area (Å²) in [6, 6.07) is 10.2. The van der Waals surface area contributed by atoms with Gasteiger partial charge < -0.3 is 15.0 Å². The van der Waals surface area contributed by atoms with Crippen molar-refractivity contribution in [3.05, 3.63) is 53.9 Å². The fraction of sp³-hybridized carbons (Fsp3) is 0.368. The zero-order chi connectivity index (χ0) is 17.4. The molecule has 0 bridgehead atoms. The second-order valence-electron chi connectivity index (χ2n) is 5.62. The van der Waals surface area contributed by atoms with E-state index in [0.717, 1.165) is 24.3 Å². The van der Waals surface area contributed by atoms with E-state index < -0.39 is 0 Å². The normalized spacial score (nSPS) is 10.5. The molecule has 1 heterocycles. The van der Waals surface area contributed by atoms with Crippen molar-refractivity contribution in [2.24, 2.45) is 0 Å². The third kappa shape index (κ3) is 4.80. The lowest BCUT2D eigenvalue weighted by Crippen LogP contribution is -2.26. The first-order valence-electron chi connectivity index (χ1n) is 8.22. The maximum atomic E-state index is 12.3. The fourth-order valence-corrected chi connectivity index (χ4v) is 2.53. The number of nitrogens with zero attached hydrogens (tertiary/aromatic N) is 2. The molecule has 1 aromatic carbocycles. The molecule has 24 heavy (non-hydrogen) atoms. The highest BCUT2D eigenvalue weighted by molar-refractivity contribution is 5.94. The Labute approximate surface area is 143 Å². The molecule has 2 rings (SSSR count). The summed E-state index contributed by atoms with van der Waals surface area (Å²) in [6.07, 6.45) is 4.17. The van der Waals surface area contributed by atoms with E-state index in [-0.39, 0.29) is 5.91 Å². The molecule has 0 aliphatic rings. The maximum absolute atomic E-state index is 12.3. The molecule has 0 saturated carbocycles. The Bertz CT molecular complexity index is 673. The number of aromatic nitrogens is 1. The standard InChI is InChI=1S/C19H25N3O2/c1-4-22(17-8-5-7-15(2)11-17)18-12-16(13-20-14-18)19(23)21-9-6-10-24-3/h5,7-8,11-14H,4,6,9-10H2,1-3H3,(H,21,23). The van der Waals surface area contributed by atoms with Gasteiger partial charge in [-0.1, -0.05) is 12.1 Å². The van der Waals surface area contributed by atoms with Crippen molar-refractivity contribution in [2.45, 2.75) is 20.3 Å². The van der Waals surface area contributed by atoms with Crippen LogP contribution in [0, 0.1) is 6.92 Å². The Morgan fingerprint density at radius 1 is 1.25 bits per heavy atom. The number of carbonyl (C=O) groups excluding carboxylic acids is 1. The Morgan fingerprint density at radius 2 is 2.08 bits per heavy atom. The largest absolute Gasteiger partial charge is 0.385 e. The van der Waals surface area contributed by atoms with E-state index in [1.54, 1.807) is 19.5 Å². The molecule has 0 fully saturated rings. The number of aryl methyl sites for hydroxylation is 1. The molecule has 0 atom stereocenters. The number of benzene rings is 1. The lowest BCUT2D eigenvalue weighted by Gasteiger charge is -2.23. The molecule has 5 heteroatoms. The number of pyridine rings is 1. The van der Waals surface area contributed by atoms with Crippen molar-refractivity contribution in [3.8, 4) is 0 Å². The summed E-state index contributed by atoms with van der Waals surface area (Å²) in [6.45, 7) is 6.17. The molecule has 128 valence electrons. The smallest absolute Gasteiger partial charge is 0.252 e. The van der Waals surface area contributed by atoms with Crippen LogP contribution in [0.3, 0.4) is 0 Å². The van der Waals surface area contributed by atoms with E-state index in [2.05, 4.69) is 47.2 Å². The van der Waals surface area contributed by atoms with Crippen molar-refractivity contribution in [1.29, 1.82) is 0 Å². The van der Waals surface area contributed by atoms with E-state index >= 15 is 0 Å². The monoisotopic (exact) mass is 327 g/mol. The van der Waals surface area contributed by atoms with Crippen molar-refractivity contribution in [2.75, 3.05) is 31.7 Å². The maximum Gasteiger partial charge on any atom is 0.252 e. The summed E-state index contributed by atoms with van der Waals surface area (Å²) in [5, 5.41) is 2.89. The van der Waals surface area contributed by atoms with Gasteiger partial charge in [-0.3, -0.25) is 9.78 Å². The molecule has 0 unspecified atom stereocenters. The lowest BCUT2D eigenvalue weighted by molar-refractivity contribution is 0.0948. The molecule has 0 saturated heterocycles. The third-order valence-electron chi connectivity index (χ3n) is 3.74. The first-order valence-corrected chi connectivity index (χ1v) is 8.22. The molecule has 1 N–H and O–H groups in total. The minimum Gasteiger partial charge on any atom is -0.385 e. The second-order valence-corrected chi connectivity index (χ2v) is 5.62. The van der Waals surface area contributed by atoms with Crippen molar-refractivity contribution >= 4 is 17.3 Å². The summed E-state index contributed by atoms with van der Waals surface area (Å²) in [5.41, 5.74) is 3.77. The van der Waals surface area contributed by atoms with Crippen molar-refractivity contribution in [3.63, 3.8) is 0 Å². The highest BCUT2D eigenvalue weighted by atomic mass is 16.5. The van der Waals surface area contributed by atoms with Gasteiger partial charge in [-0.25, -0.2) is 0 Å². The van der Waals surface area contributed by atoms with Gasteiger partial charge >= 0.3 is 0 Å². The first-order chi connectivity index (χ1) is 11.7. The SMILES string of the molecule is CCN(c1cccc(C)c1)c1cncc(C(=O)NCCCOC)c1. The minimum atomic E-state index is -0.110. The predicted octanol–water partition coefficient (Wildman–Crippen LogP) is 3.31. The summed E-state index contributed by atoms with van der Waals surface area (Å²) in [7, 11) is 1.65. The van der Waals surface area contributed by atoms with Gasteiger partial charge in [0.15, 0.2) is 0 Å². The van der Waals surface area contributed by atoms with Crippen LogP contribution in [0.1, 0.15) is 29.3 Å². The van der Waals surface area contributed by atoms with E-state index in [9.17, 15) is 4.79 Å². The number of amides is 1. The number of methoxy groups -OCH3 is 1. The molecule has 5 nitrogen and oxygen atoms in total. The molecule has 0 aliphatic carbocycles. The van der Waals surface area contributed by atoms with Crippen LogP contribution in [0.4, 0.5) is 11.4 Å². The Kier molecular flexibility index (Phi) is 6.75. The molecular weight excluding hydrogens is 302 g/mol. The molecule has 1 aromatic heterocycles. The average molecular weight is 327 g/mol. The Hall–Kier alpha value is -2.40. The van der Waals surface area contributed by atoms with Crippen LogP contribution in [-0.2, 0) is 4.74 Å². The highest BCUT2D eigenvalue weighted by Gasteiger charge is 2.11. The number of rotatable bonds is 8. The highest BCUT2D eigenvalue weighted by Crippen LogP contribution is 2.25. The van der Waals surface area contributed by atoms with Crippen LogP contribution in [0.25, 0.3) is 0 Å². The third-order valence-corrected chi connectivity index (χ3v) is 3.74. The minimum absolute atomic E-state index is 0.110. The zero-order valence-electron chi connectivity index (χ0n) is 14.6. The van der Waals surface area contributed by atoms with Crippen LogP contribution < -0.4 is 10.2 Å². The number of hydrogen-bond donors (Lipinski definition) is 1. The van der Waals surface area contributed by atoms with E-state index in [0.29, 0.717) is 18.7 Å². The predicted molar refractivity (Wildman–Crippen MR) is 96.9 cm³/mol. The summed E-state index contributed by atoms with van der Waals surface area (Å²) >= 11 is 0. The quantitative estimate of drug-likeness (QED) is 0.756. The molecule has 0 spiro atoms. The Balaban J connectivity index is 2.14. The van der Waals surface area contributed by atoms with Crippen molar-refractivity contribution < 1.29 is 9.53 Å². The summed E-state index contributed by atoms with van der Waals surface area (Å²) in [4.78, 5) is 18.6. The van der Waals surface area contributed by atoms with Crippen LogP contribution in [0.2, 0.25) is 0 Å². The van der Waals surface area contributed by atoms with Gasteiger partial charge in [0.05, 0.1) is 17.4 Å². The molecule has 0 aliphatic heterocycles. The number of ether oxygens (including phenoxy) is 1. The first kappa shape index (κ1) is 17.9. The number of hydrogen-bond acceptors (Lipinski definition) is 4. The van der Waals surface area contributed by atoms with Gasteiger partial charge in [0.25, 0.3) is 5.91 Å². The van der Waals surface area contributed by atoms with Gasteiger partial charge in [-0.2, -0.15) is 0 Å². The number of carbonyl (C=O) groups is 1. The fourth-order valence-electron chi connectivity index (χ4n) is 2.53. The van der Waals surface area contributed by atoms with Gasteiger partial charge in [-0.15, -0.1) is 0 Å². The average Bonchev–Trinajstić information content (AvgIpc) is 2.60. The topological polar surface area (TPSA) is 54.5 Å². The second kappa shape index (κ2) is 9.03. The van der Waals surface area contributed by atoms with E-state index in [1.165, 1.54) is 5.56 Å². The van der Waals surface area contributed by atoms with Crippen LogP contribution in [-0.4, -0.2) is 37.7 Å². The Morgan fingerprint density at radius 3 is 2.79 bits per heavy atom. The molecule has 0 radical (unpaired) electrons. The summed E-state index contributed by atoms with van der Waals surface area (Å²) < 4.78 is 4.98. The molecule has 1 amide bonds. The number of anilines is 2. The number of nitrogens with one attached hydrogen (secondary N) is 1.